The largest absolute Gasteiger partial charge is 0.223 e. The van der Waals surface area contributed by atoms with Crippen molar-refractivity contribution >= 4 is 27.3 Å². The molecule has 0 unspecified atom stereocenters. The van der Waals surface area contributed by atoms with E-state index < -0.39 is 9.84 Å². The first-order valence-electron chi connectivity index (χ1n) is 3.39. The third kappa shape index (κ3) is 2.68. The van der Waals surface area contributed by atoms with Gasteiger partial charge in [-0.25, -0.2) is 8.42 Å². The molecule has 0 saturated heterocycles. The summed E-state index contributed by atoms with van der Waals surface area (Å²) in [6, 6.07) is 5.22. The Morgan fingerprint density at radius 2 is 2.38 bits per heavy atom. The molecule has 0 fully saturated rings. The highest BCUT2D eigenvalue weighted by Crippen LogP contribution is 2.15. The van der Waals surface area contributed by atoms with E-state index in [-0.39, 0.29) is 4.91 Å². The van der Waals surface area contributed by atoms with Gasteiger partial charge in [0.2, 0.25) is 0 Å². The Labute approximate surface area is 80.9 Å². The van der Waals surface area contributed by atoms with E-state index in [1.165, 1.54) is 17.4 Å². The average Bonchev–Trinajstić information content (AvgIpc) is 2.49. The van der Waals surface area contributed by atoms with Crippen LogP contribution in [0.15, 0.2) is 22.4 Å². The second-order valence-electron chi connectivity index (χ2n) is 2.41. The Morgan fingerprint density at radius 3 is 2.77 bits per heavy atom. The number of allylic oxidation sites excluding steroid dienone is 1. The van der Waals surface area contributed by atoms with Gasteiger partial charge in [-0.1, -0.05) is 6.07 Å². The summed E-state index contributed by atoms with van der Waals surface area (Å²) in [6.45, 7) is 0. The van der Waals surface area contributed by atoms with Gasteiger partial charge in [0.25, 0.3) is 0 Å². The molecule has 1 rings (SSSR count). The minimum absolute atomic E-state index is 0.199. The van der Waals surface area contributed by atoms with Crippen molar-refractivity contribution in [2.45, 2.75) is 0 Å². The predicted molar refractivity (Wildman–Crippen MR) is 52.8 cm³/mol. The Balaban J connectivity index is 3.14. The lowest BCUT2D eigenvalue weighted by Crippen LogP contribution is -1.97. The summed E-state index contributed by atoms with van der Waals surface area (Å²) in [4.78, 5) is 0.567. The van der Waals surface area contributed by atoms with Gasteiger partial charge in [-0.05, 0) is 17.5 Å². The van der Waals surface area contributed by atoms with Crippen molar-refractivity contribution in [3.63, 3.8) is 0 Å². The van der Waals surface area contributed by atoms with Crippen molar-refractivity contribution in [2.75, 3.05) is 6.26 Å². The maximum Gasteiger partial charge on any atom is 0.185 e. The average molecular weight is 213 g/mol. The van der Waals surface area contributed by atoms with Crippen LogP contribution >= 0.6 is 11.3 Å². The Kier molecular flexibility index (Phi) is 2.86. The third-order valence-corrected chi connectivity index (χ3v) is 3.15. The van der Waals surface area contributed by atoms with E-state index in [1.807, 2.05) is 5.38 Å². The molecule has 1 aromatic heterocycles. The van der Waals surface area contributed by atoms with Crippen LogP contribution in [0, 0.1) is 11.3 Å². The third-order valence-electron chi connectivity index (χ3n) is 1.33. The van der Waals surface area contributed by atoms with Crippen LogP contribution in [0.25, 0.3) is 6.08 Å². The maximum atomic E-state index is 11.0. The molecule has 5 heteroatoms. The van der Waals surface area contributed by atoms with Crippen LogP contribution in [-0.4, -0.2) is 14.7 Å². The first-order chi connectivity index (χ1) is 6.04. The van der Waals surface area contributed by atoms with Gasteiger partial charge >= 0.3 is 0 Å². The van der Waals surface area contributed by atoms with Crippen molar-refractivity contribution < 1.29 is 8.42 Å². The molecule has 0 N–H and O–H groups in total. The van der Waals surface area contributed by atoms with Gasteiger partial charge in [0, 0.05) is 11.1 Å². The molecule has 0 aliphatic carbocycles. The molecule has 0 spiro atoms. The molecule has 0 amide bonds. The van der Waals surface area contributed by atoms with Crippen LogP contribution in [0.2, 0.25) is 0 Å². The monoisotopic (exact) mass is 213 g/mol. The highest BCUT2D eigenvalue weighted by molar-refractivity contribution is 7.95. The number of nitriles is 1. The van der Waals surface area contributed by atoms with Gasteiger partial charge in [0.1, 0.15) is 11.0 Å². The van der Waals surface area contributed by atoms with Gasteiger partial charge in [-0.2, -0.15) is 5.26 Å². The fraction of sp³-hybridized carbons (Fsp3) is 0.125. The van der Waals surface area contributed by atoms with Crippen molar-refractivity contribution in [1.82, 2.24) is 0 Å². The molecule has 1 aromatic rings. The van der Waals surface area contributed by atoms with Gasteiger partial charge < -0.3 is 0 Å². The zero-order valence-electron chi connectivity index (χ0n) is 6.89. The number of sulfone groups is 1. The first-order valence-corrected chi connectivity index (χ1v) is 6.16. The predicted octanol–water partition coefficient (Wildman–Crippen LogP) is 1.66. The minimum Gasteiger partial charge on any atom is -0.223 e. The Hall–Kier alpha value is -1.12. The van der Waals surface area contributed by atoms with E-state index in [0.29, 0.717) is 0 Å². The molecule has 68 valence electrons. The molecule has 13 heavy (non-hydrogen) atoms. The van der Waals surface area contributed by atoms with E-state index >= 15 is 0 Å². The lowest BCUT2D eigenvalue weighted by atomic mass is 10.4. The normalized spacial score (nSPS) is 12.5. The smallest absolute Gasteiger partial charge is 0.185 e. The Bertz CT molecular complexity index is 449. The SMILES string of the molecule is CS(=O)(=O)/C(C#N)=C\c1cccs1. The zero-order valence-corrected chi connectivity index (χ0v) is 8.52. The lowest BCUT2D eigenvalue weighted by Gasteiger charge is -1.91. The highest BCUT2D eigenvalue weighted by atomic mass is 32.2. The number of hydrogen-bond donors (Lipinski definition) is 0. The second kappa shape index (κ2) is 3.73. The van der Waals surface area contributed by atoms with Crippen LogP contribution < -0.4 is 0 Å². The summed E-state index contributed by atoms with van der Waals surface area (Å²) < 4.78 is 22.0. The van der Waals surface area contributed by atoms with Gasteiger partial charge in [-0.15, -0.1) is 11.3 Å². The summed E-state index contributed by atoms with van der Waals surface area (Å²) in [7, 11) is -3.38. The summed E-state index contributed by atoms with van der Waals surface area (Å²) in [5.74, 6) is 0. The van der Waals surface area contributed by atoms with Crippen molar-refractivity contribution in [3.8, 4) is 6.07 Å². The fourth-order valence-electron chi connectivity index (χ4n) is 0.725. The van der Waals surface area contributed by atoms with E-state index in [1.54, 1.807) is 18.2 Å². The maximum absolute atomic E-state index is 11.0. The van der Waals surface area contributed by atoms with Crippen LogP contribution in [-0.2, 0) is 9.84 Å². The van der Waals surface area contributed by atoms with Crippen molar-refractivity contribution in [3.05, 3.63) is 27.3 Å². The lowest BCUT2D eigenvalue weighted by molar-refractivity contribution is 0.609. The van der Waals surface area contributed by atoms with Crippen LogP contribution in [0.3, 0.4) is 0 Å². The molecular formula is C8H7NO2S2. The summed E-state index contributed by atoms with van der Waals surface area (Å²) in [5, 5.41) is 10.4. The number of rotatable bonds is 2. The molecule has 0 radical (unpaired) electrons. The van der Waals surface area contributed by atoms with Gasteiger partial charge in [-0.3, -0.25) is 0 Å². The summed E-state index contributed by atoms with van der Waals surface area (Å²) >= 11 is 1.39. The van der Waals surface area contributed by atoms with Crippen LogP contribution in [0.4, 0.5) is 0 Å². The minimum atomic E-state index is -3.38. The summed E-state index contributed by atoms with van der Waals surface area (Å²) in [6.07, 6.45) is 2.40. The van der Waals surface area contributed by atoms with Gasteiger partial charge in [0.15, 0.2) is 9.84 Å². The molecule has 3 nitrogen and oxygen atoms in total. The molecule has 0 saturated carbocycles. The molecule has 0 atom stereocenters. The fourth-order valence-corrected chi connectivity index (χ4v) is 1.96. The number of hydrogen-bond acceptors (Lipinski definition) is 4. The molecule has 1 heterocycles. The van der Waals surface area contributed by atoms with E-state index in [4.69, 9.17) is 5.26 Å². The first kappa shape index (κ1) is 9.96. The molecule has 0 bridgehead atoms. The van der Waals surface area contributed by atoms with E-state index in [9.17, 15) is 8.42 Å². The summed E-state index contributed by atoms with van der Waals surface area (Å²) in [5.41, 5.74) is 0. The quantitative estimate of drug-likeness (QED) is 0.702. The van der Waals surface area contributed by atoms with Crippen molar-refractivity contribution in [1.29, 1.82) is 5.26 Å². The van der Waals surface area contributed by atoms with Gasteiger partial charge in [0.05, 0.1) is 0 Å². The molecule has 0 aliphatic heterocycles. The number of nitrogens with zero attached hydrogens (tertiary/aromatic N) is 1. The van der Waals surface area contributed by atoms with E-state index in [0.717, 1.165) is 11.1 Å². The van der Waals surface area contributed by atoms with E-state index in [2.05, 4.69) is 0 Å². The Morgan fingerprint density at radius 1 is 1.69 bits per heavy atom. The van der Waals surface area contributed by atoms with Crippen molar-refractivity contribution in [2.24, 2.45) is 0 Å². The number of thiophene rings is 1. The standard InChI is InChI=1S/C8H7NO2S2/c1-13(10,11)8(6-9)5-7-3-2-4-12-7/h2-5H,1H3/b8-5-. The molecule has 0 aromatic carbocycles. The van der Waals surface area contributed by atoms with Crippen LogP contribution in [0.1, 0.15) is 4.88 Å². The highest BCUT2D eigenvalue weighted by Gasteiger charge is 2.09. The zero-order chi connectivity index (χ0) is 9.90. The van der Waals surface area contributed by atoms with Crippen LogP contribution in [0.5, 0.6) is 0 Å². The topological polar surface area (TPSA) is 57.9 Å². The molecule has 0 aliphatic rings. The second-order valence-corrected chi connectivity index (χ2v) is 5.37. The molecular weight excluding hydrogens is 206 g/mol.